The standard InChI is InChI=1S/C20H25NO4/c1-20(23,12-11-16-7-4-3-5-8-16)15-21-19(22)14-25-18-10-6-9-17(13-18)24-2/h3-10,13,23H,11-12,14-15H2,1-2H3,(H,21,22). The Bertz CT molecular complexity index is 670. The zero-order valence-corrected chi connectivity index (χ0v) is 14.7. The van der Waals surface area contributed by atoms with Gasteiger partial charge in [-0.25, -0.2) is 0 Å². The van der Waals surface area contributed by atoms with Crippen LogP contribution in [0.4, 0.5) is 0 Å². The maximum absolute atomic E-state index is 11.9. The normalized spacial score (nSPS) is 12.9. The summed E-state index contributed by atoms with van der Waals surface area (Å²) in [7, 11) is 1.57. The number of hydrogen-bond acceptors (Lipinski definition) is 4. The van der Waals surface area contributed by atoms with Crippen molar-refractivity contribution in [3.05, 3.63) is 60.2 Å². The molecule has 2 rings (SSSR count). The second-order valence-electron chi connectivity index (χ2n) is 6.23. The van der Waals surface area contributed by atoms with E-state index < -0.39 is 5.60 Å². The molecule has 0 fully saturated rings. The van der Waals surface area contributed by atoms with E-state index in [0.29, 0.717) is 17.9 Å². The van der Waals surface area contributed by atoms with Crippen molar-refractivity contribution < 1.29 is 19.4 Å². The maximum Gasteiger partial charge on any atom is 0.258 e. The summed E-state index contributed by atoms with van der Waals surface area (Å²) in [6, 6.07) is 17.0. The Morgan fingerprint density at radius 2 is 1.84 bits per heavy atom. The number of amides is 1. The van der Waals surface area contributed by atoms with Gasteiger partial charge in [0.05, 0.1) is 12.7 Å². The van der Waals surface area contributed by atoms with Gasteiger partial charge in [-0.2, -0.15) is 0 Å². The third kappa shape index (κ3) is 6.85. The molecule has 0 bridgehead atoms. The molecule has 134 valence electrons. The van der Waals surface area contributed by atoms with Crippen molar-refractivity contribution in [3.63, 3.8) is 0 Å². The second kappa shape index (κ2) is 9.08. The number of ether oxygens (including phenoxy) is 2. The van der Waals surface area contributed by atoms with Crippen LogP contribution in [0, 0.1) is 0 Å². The summed E-state index contributed by atoms with van der Waals surface area (Å²) in [5.41, 5.74) is 0.192. The number of methoxy groups -OCH3 is 1. The first kappa shape index (κ1) is 18.8. The SMILES string of the molecule is COc1cccc(OCC(=O)NCC(C)(O)CCc2ccccc2)c1. The summed E-state index contributed by atoms with van der Waals surface area (Å²) in [6.45, 7) is 1.79. The van der Waals surface area contributed by atoms with E-state index in [4.69, 9.17) is 9.47 Å². The molecule has 0 saturated heterocycles. The summed E-state index contributed by atoms with van der Waals surface area (Å²) in [5.74, 6) is 0.954. The fourth-order valence-electron chi connectivity index (χ4n) is 2.33. The molecule has 1 unspecified atom stereocenters. The van der Waals surface area contributed by atoms with Crippen molar-refractivity contribution in [2.45, 2.75) is 25.4 Å². The highest BCUT2D eigenvalue weighted by Crippen LogP contribution is 2.18. The molecule has 25 heavy (non-hydrogen) atoms. The fourth-order valence-corrected chi connectivity index (χ4v) is 2.33. The Morgan fingerprint density at radius 1 is 1.12 bits per heavy atom. The van der Waals surface area contributed by atoms with Gasteiger partial charge in [-0.15, -0.1) is 0 Å². The molecule has 0 radical (unpaired) electrons. The molecule has 5 nitrogen and oxygen atoms in total. The van der Waals surface area contributed by atoms with Crippen molar-refractivity contribution in [3.8, 4) is 11.5 Å². The molecule has 1 amide bonds. The first-order valence-electron chi connectivity index (χ1n) is 8.28. The minimum atomic E-state index is -0.971. The van der Waals surface area contributed by atoms with Gasteiger partial charge in [-0.1, -0.05) is 36.4 Å². The highest BCUT2D eigenvalue weighted by molar-refractivity contribution is 5.77. The Balaban J connectivity index is 1.72. The van der Waals surface area contributed by atoms with Crippen LogP contribution in [-0.2, 0) is 11.2 Å². The first-order valence-corrected chi connectivity index (χ1v) is 8.28. The summed E-state index contributed by atoms with van der Waals surface area (Å²) < 4.78 is 10.5. The topological polar surface area (TPSA) is 67.8 Å². The lowest BCUT2D eigenvalue weighted by atomic mass is 9.97. The van der Waals surface area contributed by atoms with E-state index >= 15 is 0 Å². The molecule has 0 aliphatic carbocycles. The molecule has 2 aromatic rings. The molecule has 0 spiro atoms. The lowest BCUT2D eigenvalue weighted by molar-refractivity contribution is -0.124. The molecule has 0 heterocycles. The maximum atomic E-state index is 11.9. The number of nitrogens with one attached hydrogen (secondary N) is 1. The van der Waals surface area contributed by atoms with Gasteiger partial charge < -0.3 is 19.9 Å². The molecular formula is C20H25NO4. The van der Waals surface area contributed by atoms with Crippen molar-refractivity contribution >= 4 is 5.91 Å². The Morgan fingerprint density at radius 3 is 2.56 bits per heavy atom. The molecule has 5 heteroatoms. The van der Waals surface area contributed by atoms with E-state index in [9.17, 15) is 9.90 Å². The van der Waals surface area contributed by atoms with Crippen molar-refractivity contribution in [2.75, 3.05) is 20.3 Å². The monoisotopic (exact) mass is 343 g/mol. The van der Waals surface area contributed by atoms with Crippen LogP contribution in [0.25, 0.3) is 0 Å². The fraction of sp³-hybridized carbons (Fsp3) is 0.350. The van der Waals surface area contributed by atoms with Crippen LogP contribution in [0.15, 0.2) is 54.6 Å². The van der Waals surface area contributed by atoms with Crippen molar-refractivity contribution in [2.24, 2.45) is 0 Å². The molecule has 0 saturated carbocycles. The molecule has 0 aliphatic heterocycles. The average molecular weight is 343 g/mol. The van der Waals surface area contributed by atoms with E-state index in [-0.39, 0.29) is 19.1 Å². The third-order valence-electron chi connectivity index (χ3n) is 3.87. The number of rotatable bonds is 9. The number of aliphatic hydroxyl groups is 1. The number of aryl methyl sites for hydroxylation is 1. The first-order chi connectivity index (χ1) is 12.0. The lowest BCUT2D eigenvalue weighted by Gasteiger charge is -2.23. The van der Waals surface area contributed by atoms with Gasteiger partial charge in [-0.05, 0) is 37.5 Å². The predicted octanol–water partition coefficient (Wildman–Crippen LogP) is 2.57. The Labute approximate surface area is 148 Å². The van der Waals surface area contributed by atoms with Crippen LogP contribution in [0.1, 0.15) is 18.9 Å². The molecule has 2 aromatic carbocycles. The number of hydrogen-bond donors (Lipinski definition) is 2. The van der Waals surface area contributed by atoms with Crippen LogP contribution in [0.5, 0.6) is 11.5 Å². The zero-order valence-electron chi connectivity index (χ0n) is 14.7. The van der Waals surface area contributed by atoms with Crippen LogP contribution >= 0.6 is 0 Å². The van der Waals surface area contributed by atoms with Crippen LogP contribution in [0.3, 0.4) is 0 Å². The minimum Gasteiger partial charge on any atom is -0.497 e. The van der Waals surface area contributed by atoms with E-state index in [0.717, 1.165) is 12.0 Å². The van der Waals surface area contributed by atoms with Gasteiger partial charge in [-0.3, -0.25) is 4.79 Å². The van der Waals surface area contributed by atoms with Gasteiger partial charge in [0.1, 0.15) is 11.5 Å². The van der Waals surface area contributed by atoms with E-state index in [1.165, 1.54) is 0 Å². The van der Waals surface area contributed by atoms with E-state index in [1.807, 2.05) is 30.3 Å². The third-order valence-corrected chi connectivity index (χ3v) is 3.87. The van der Waals surface area contributed by atoms with E-state index in [1.54, 1.807) is 38.3 Å². The van der Waals surface area contributed by atoms with Crippen molar-refractivity contribution in [1.29, 1.82) is 0 Å². The highest BCUT2D eigenvalue weighted by Gasteiger charge is 2.21. The van der Waals surface area contributed by atoms with Gasteiger partial charge in [0, 0.05) is 12.6 Å². The smallest absolute Gasteiger partial charge is 0.258 e. The lowest BCUT2D eigenvalue weighted by Crippen LogP contribution is -2.42. The zero-order chi connectivity index (χ0) is 18.1. The van der Waals surface area contributed by atoms with Crippen LogP contribution < -0.4 is 14.8 Å². The average Bonchev–Trinajstić information content (AvgIpc) is 2.64. The van der Waals surface area contributed by atoms with Crippen LogP contribution in [-0.4, -0.2) is 36.9 Å². The highest BCUT2D eigenvalue weighted by atomic mass is 16.5. The summed E-state index contributed by atoms with van der Waals surface area (Å²) in [5, 5.41) is 13.1. The summed E-state index contributed by atoms with van der Waals surface area (Å²) in [4.78, 5) is 11.9. The van der Waals surface area contributed by atoms with Gasteiger partial charge in [0.25, 0.3) is 5.91 Å². The number of benzene rings is 2. The number of carbonyl (C=O) groups is 1. The second-order valence-corrected chi connectivity index (χ2v) is 6.23. The molecule has 0 aromatic heterocycles. The quantitative estimate of drug-likeness (QED) is 0.734. The largest absolute Gasteiger partial charge is 0.497 e. The predicted molar refractivity (Wildman–Crippen MR) is 96.9 cm³/mol. The minimum absolute atomic E-state index is 0.109. The van der Waals surface area contributed by atoms with Crippen LogP contribution in [0.2, 0.25) is 0 Å². The molecule has 2 N–H and O–H groups in total. The molecule has 1 atom stereocenters. The van der Waals surface area contributed by atoms with Gasteiger partial charge >= 0.3 is 0 Å². The molecular weight excluding hydrogens is 318 g/mol. The number of carbonyl (C=O) groups excluding carboxylic acids is 1. The Hall–Kier alpha value is -2.53. The summed E-state index contributed by atoms with van der Waals surface area (Å²) >= 11 is 0. The summed E-state index contributed by atoms with van der Waals surface area (Å²) in [6.07, 6.45) is 1.32. The van der Waals surface area contributed by atoms with Gasteiger partial charge in [0.15, 0.2) is 6.61 Å². The van der Waals surface area contributed by atoms with E-state index in [2.05, 4.69) is 5.32 Å². The van der Waals surface area contributed by atoms with Gasteiger partial charge in [0.2, 0.25) is 0 Å². The molecule has 0 aliphatic rings. The Kier molecular flexibility index (Phi) is 6.83. The van der Waals surface area contributed by atoms with Crippen molar-refractivity contribution in [1.82, 2.24) is 5.32 Å².